The van der Waals surface area contributed by atoms with Crippen LogP contribution in [0.1, 0.15) is 17.5 Å². The van der Waals surface area contributed by atoms with E-state index in [1.165, 1.54) is 0 Å². The predicted molar refractivity (Wildman–Crippen MR) is 111 cm³/mol. The maximum absolute atomic E-state index is 10.4. The summed E-state index contributed by atoms with van der Waals surface area (Å²) in [5, 5.41) is 3.16. The van der Waals surface area contributed by atoms with Gasteiger partial charge in [0, 0.05) is 42.5 Å². The Hall–Kier alpha value is -2.52. The van der Waals surface area contributed by atoms with Crippen LogP contribution in [0, 0.1) is 11.8 Å². The molecule has 1 fully saturated rings. The molecule has 0 spiro atoms. The predicted octanol–water partition coefficient (Wildman–Crippen LogP) is 3.41. The molecule has 0 aliphatic carbocycles. The van der Waals surface area contributed by atoms with Crippen molar-refractivity contribution in [1.82, 2.24) is 4.90 Å². The van der Waals surface area contributed by atoms with Gasteiger partial charge in [-0.3, -0.25) is 9.69 Å². The normalized spacial score (nSPS) is 14.0. The monoisotopic (exact) mass is 398 g/mol. The summed E-state index contributed by atoms with van der Waals surface area (Å²) >= 11 is 6.34. The van der Waals surface area contributed by atoms with Crippen molar-refractivity contribution in [2.75, 3.05) is 44.8 Å². The molecule has 146 valence electrons. The van der Waals surface area contributed by atoms with Crippen LogP contribution in [0.5, 0.6) is 5.75 Å². The minimum absolute atomic E-state index is 0.567. The van der Waals surface area contributed by atoms with E-state index in [9.17, 15) is 4.79 Å². The van der Waals surface area contributed by atoms with Crippen molar-refractivity contribution in [2.45, 2.75) is 6.42 Å². The second-order valence-electron chi connectivity index (χ2n) is 6.39. The number of morpholine rings is 1. The lowest BCUT2D eigenvalue weighted by molar-refractivity contribution is -0.105. The summed E-state index contributed by atoms with van der Waals surface area (Å²) in [6.45, 7) is 5.30. The third kappa shape index (κ3) is 6.28. The summed E-state index contributed by atoms with van der Waals surface area (Å²) in [7, 11) is 0. The number of hydrogen-bond donors (Lipinski definition) is 1. The van der Waals surface area contributed by atoms with Crippen molar-refractivity contribution >= 4 is 23.7 Å². The molecule has 0 saturated carbocycles. The van der Waals surface area contributed by atoms with Crippen LogP contribution < -0.4 is 10.1 Å². The first-order valence-corrected chi connectivity index (χ1v) is 9.67. The van der Waals surface area contributed by atoms with Gasteiger partial charge in [0.05, 0.1) is 24.8 Å². The second-order valence-corrected chi connectivity index (χ2v) is 6.79. The number of anilines is 1. The number of nitrogens with zero attached hydrogens (tertiary/aromatic N) is 1. The average molecular weight is 399 g/mol. The highest BCUT2D eigenvalue weighted by Crippen LogP contribution is 2.22. The largest absolute Gasteiger partial charge is 0.493 e. The Kier molecular flexibility index (Phi) is 7.74. The van der Waals surface area contributed by atoms with Crippen molar-refractivity contribution in [1.29, 1.82) is 0 Å². The van der Waals surface area contributed by atoms with E-state index < -0.39 is 0 Å². The zero-order valence-corrected chi connectivity index (χ0v) is 16.4. The molecular weight excluding hydrogens is 376 g/mol. The lowest BCUT2D eigenvalue weighted by Gasteiger charge is -2.26. The molecule has 5 nitrogen and oxygen atoms in total. The highest BCUT2D eigenvalue weighted by molar-refractivity contribution is 6.31. The molecule has 2 aromatic carbocycles. The summed E-state index contributed by atoms with van der Waals surface area (Å²) in [5.41, 5.74) is 2.32. The number of rotatable bonds is 7. The van der Waals surface area contributed by atoms with Crippen LogP contribution in [-0.2, 0) is 9.53 Å². The van der Waals surface area contributed by atoms with Gasteiger partial charge >= 0.3 is 0 Å². The topological polar surface area (TPSA) is 50.8 Å². The van der Waals surface area contributed by atoms with E-state index in [1.807, 2.05) is 24.3 Å². The molecule has 1 aliphatic heterocycles. The van der Waals surface area contributed by atoms with E-state index in [4.69, 9.17) is 21.1 Å². The number of halogens is 1. The average Bonchev–Trinajstić information content (AvgIpc) is 2.73. The summed E-state index contributed by atoms with van der Waals surface area (Å²) in [6.07, 6.45) is 1.61. The van der Waals surface area contributed by atoms with E-state index in [2.05, 4.69) is 22.1 Å². The SMILES string of the molecule is O=CNc1ccc(C#Cc2ccc(OCCCN3CCOCC3)cc2Cl)cc1. The third-order valence-electron chi connectivity index (χ3n) is 4.38. The first-order chi connectivity index (χ1) is 13.7. The lowest BCUT2D eigenvalue weighted by atomic mass is 10.1. The summed E-state index contributed by atoms with van der Waals surface area (Å²) in [4.78, 5) is 12.8. The van der Waals surface area contributed by atoms with Crippen molar-refractivity contribution in [3.63, 3.8) is 0 Å². The van der Waals surface area contributed by atoms with E-state index in [0.29, 0.717) is 18.0 Å². The van der Waals surface area contributed by atoms with Crippen LogP contribution in [0.15, 0.2) is 42.5 Å². The zero-order valence-electron chi connectivity index (χ0n) is 15.6. The van der Waals surface area contributed by atoms with Crippen LogP contribution in [0.2, 0.25) is 5.02 Å². The molecule has 0 atom stereocenters. The number of amides is 1. The minimum Gasteiger partial charge on any atom is -0.493 e. The molecule has 1 amide bonds. The van der Waals surface area contributed by atoms with Gasteiger partial charge in [0.1, 0.15) is 5.75 Å². The number of ether oxygens (including phenoxy) is 2. The number of benzene rings is 2. The van der Waals surface area contributed by atoms with Crippen molar-refractivity contribution in [3.05, 3.63) is 58.6 Å². The van der Waals surface area contributed by atoms with Crippen molar-refractivity contribution in [3.8, 4) is 17.6 Å². The van der Waals surface area contributed by atoms with E-state index in [0.717, 1.165) is 61.8 Å². The van der Waals surface area contributed by atoms with Crippen LogP contribution in [0.4, 0.5) is 5.69 Å². The highest BCUT2D eigenvalue weighted by atomic mass is 35.5. The Balaban J connectivity index is 1.50. The standard InChI is InChI=1S/C22H23ClN2O3/c23-22-16-21(28-13-1-10-25-11-14-27-15-12-25)9-6-19(22)5-2-18-3-7-20(8-4-18)24-17-26/h3-4,6-9,16-17H,1,10-15H2,(H,24,26). The minimum atomic E-state index is 0.567. The van der Waals surface area contributed by atoms with E-state index >= 15 is 0 Å². The van der Waals surface area contributed by atoms with Crippen LogP contribution in [-0.4, -0.2) is 50.8 Å². The quantitative estimate of drug-likeness (QED) is 0.441. The van der Waals surface area contributed by atoms with Gasteiger partial charge in [-0.25, -0.2) is 0 Å². The molecule has 0 aromatic heterocycles. The van der Waals surface area contributed by atoms with Crippen molar-refractivity contribution < 1.29 is 14.3 Å². The maximum Gasteiger partial charge on any atom is 0.211 e. The molecule has 1 saturated heterocycles. The number of carbonyl (C=O) groups is 1. The summed E-state index contributed by atoms with van der Waals surface area (Å²) in [5.74, 6) is 6.90. The van der Waals surface area contributed by atoms with E-state index in [1.54, 1.807) is 18.2 Å². The Bertz CT molecular complexity index is 837. The second kappa shape index (κ2) is 10.7. The zero-order chi connectivity index (χ0) is 19.6. The highest BCUT2D eigenvalue weighted by Gasteiger charge is 2.09. The van der Waals surface area contributed by atoms with Gasteiger partial charge in [-0.2, -0.15) is 0 Å². The van der Waals surface area contributed by atoms with Crippen LogP contribution in [0.3, 0.4) is 0 Å². The summed E-state index contributed by atoms with van der Waals surface area (Å²) < 4.78 is 11.2. The maximum atomic E-state index is 10.4. The van der Waals surface area contributed by atoms with Gasteiger partial charge in [-0.15, -0.1) is 0 Å². The molecule has 2 aromatic rings. The number of hydrogen-bond acceptors (Lipinski definition) is 4. The third-order valence-corrected chi connectivity index (χ3v) is 4.70. The van der Waals surface area contributed by atoms with Gasteiger partial charge in [-0.05, 0) is 42.8 Å². The molecular formula is C22H23ClN2O3. The number of nitrogens with one attached hydrogen (secondary N) is 1. The molecule has 0 unspecified atom stereocenters. The van der Waals surface area contributed by atoms with Crippen molar-refractivity contribution in [2.24, 2.45) is 0 Å². The van der Waals surface area contributed by atoms with Crippen LogP contribution >= 0.6 is 11.6 Å². The van der Waals surface area contributed by atoms with Gasteiger partial charge in [0.15, 0.2) is 0 Å². The first-order valence-electron chi connectivity index (χ1n) is 9.29. The Morgan fingerprint density at radius 2 is 1.93 bits per heavy atom. The van der Waals surface area contributed by atoms with Crippen LogP contribution in [0.25, 0.3) is 0 Å². The molecule has 3 rings (SSSR count). The van der Waals surface area contributed by atoms with Gasteiger partial charge in [-0.1, -0.05) is 23.4 Å². The molecule has 1 aliphatic rings. The first kappa shape index (κ1) is 20.2. The van der Waals surface area contributed by atoms with Gasteiger partial charge in [0.25, 0.3) is 0 Å². The Morgan fingerprint density at radius 1 is 1.14 bits per heavy atom. The smallest absolute Gasteiger partial charge is 0.211 e. The molecule has 1 N–H and O–H groups in total. The molecule has 0 radical (unpaired) electrons. The fourth-order valence-corrected chi connectivity index (χ4v) is 3.07. The lowest BCUT2D eigenvalue weighted by Crippen LogP contribution is -2.37. The Labute approximate surface area is 170 Å². The van der Waals surface area contributed by atoms with Gasteiger partial charge in [0.2, 0.25) is 6.41 Å². The van der Waals surface area contributed by atoms with E-state index in [-0.39, 0.29) is 0 Å². The molecule has 28 heavy (non-hydrogen) atoms. The summed E-state index contributed by atoms with van der Waals surface area (Å²) in [6, 6.07) is 12.9. The van der Waals surface area contributed by atoms with Gasteiger partial charge < -0.3 is 14.8 Å². The molecule has 1 heterocycles. The fraction of sp³-hybridized carbons (Fsp3) is 0.318. The Morgan fingerprint density at radius 3 is 2.64 bits per heavy atom. The fourth-order valence-electron chi connectivity index (χ4n) is 2.85. The molecule has 0 bridgehead atoms. The molecule has 6 heteroatoms. The number of carbonyl (C=O) groups excluding carboxylic acids is 1.